The van der Waals surface area contributed by atoms with Crippen LogP contribution in [-0.2, 0) is 9.84 Å². The van der Waals surface area contributed by atoms with Gasteiger partial charge in [-0.05, 0) is 30.3 Å². The molecule has 10 heteroatoms. The van der Waals surface area contributed by atoms with Crippen LogP contribution in [0.25, 0.3) is 0 Å². The van der Waals surface area contributed by atoms with Gasteiger partial charge in [-0.1, -0.05) is 76.2 Å². The van der Waals surface area contributed by atoms with Crippen molar-refractivity contribution in [3.05, 3.63) is 64.1 Å². The molecule has 0 aliphatic carbocycles. The first kappa shape index (κ1) is 20.6. The zero-order valence-corrected chi connectivity index (χ0v) is 16.8. The fraction of sp³-hybridized carbons (Fsp3) is 0.133. The summed E-state index contributed by atoms with van der Waals surface area (Å²) in [5, 5.41) is 0.744. The fourth-order valence-corrected chi connectivity index (χ4v) is 5.09. The molecule has 25 heavy (non-hydrogen) atoms. The number of benzene rings is 2. The van der Waals surface area contributed by atoms with Crippen molar-refractivity contribution in [2.75, 3.05) is 0 Å². The second-order valence-corrected chi connectivity index (χ2v) is 10.1. The molecule has 0 saturated carbocycles. The van der Waals surface area contributed by atoms with Crippen LogP contribution in [0.15, 0.2) is 53.4 Å². The maximum Gasteiger partial charge on any atom is 0.253 e. The summed E-state index contributed by atoms with van der Waals surface area (Å²) in [6.07, 6.45) is 0. The summed E-state index contributed by atoms with van der Waals surface area (Å²) in [6.45, 7) is 0. The van der Waals surface area contributed by atoms with Crippen molar-refractivity contribution < 1.29 is 13.2 Å². The topological polar surface area (TPSA) is 63.2 Å². The van der Waals surface area contributed by atoms with Gasteiger partial charge in [-0.3, -0.25) is 4.79 Å². The lowest BCUT2D eigenvalue weighted by Crippen LogP contribution is -2.49. The van der Waals surface area contributed by atoms with E-state index >= 15 is 0 Å². The van der Waals surface area contributed by atoms with Crippen LogP contribution < -0.4 is 5.32 Å². The molecule has 0 heterocycles. The molecule has 0 saturated heterocycles. The predicted molar refractivity (Wildman–Crippen MR) is 102 cm³/mol. The van der Waals surface area contributed by atoms with Gasteiger partial charge in [0.05, 0.1) is 15.5 Å². The molecule has 0 bridgehead atoms. The first-order valence-electron chi connectivity index (χ1n) is 6.65. The number of sulfone groups is 1. The average molecular weight is 462 g/mol. The molecule has 0 unspecified atom stereocenters. The van der Waals surface area contributed by atoms with Crippen LogP contribution in [0.5, 0.6) is 0 Å². The molecular formula is C15H10Cl5NO3S. The molecule has 0 radical (unpaired) electrons. The third-order valence-corrected chi connectivity index (χ3v) is 6.73. The maximum atomic E-state index is 12.8. The summed E-state index contributed by atoms with van der Waals surface area (Å²) in [4.78, 5) is 12.3. The number of hydrogen-bond donors (Lipinski definition) is 1. The van der Waals surface area contributed by atoms with Crippen molar-refractivity contribution in [1.82, 2.24) is 5.32 Å². The van der Waals surface area contributed by atoms with Crippen molar-refractivity contribution in [2.24, 2.45) is 0 Å². The number of hydrogen-bond acceptors (Lipinski definition) is 3. The van der Waals surface area contributed by atoms with Gasteiger partial charge in [0, 0.05) is 5.02 Å². The van der Waals surface area contributed by atoms with Gasteiger partial charge in [-0.15, -0.1) is 0 Å². The Labute approximate surface area is 169 Å². The smallest absolute Gasteiger partial charge is 0.253 e. The van der Waals surface area contributed by atoms with Crippen LogP contribution in [0.3, 0.4) is 0 Å². The Bertz CT molecular complexity index is 882. The van der Waals surface area contributed by atoms with E-state index in [4.69, 9.17) is 58.0 Å². The highest BCUT2D eigenvalue weighted by Gasteiger charge is 2.44. The van der Waals surface area contributed by atoms with Crippen molar-refractivity contribution in [1.29, 1.82) is 0 Å². The van der Waals surface area contributed by atoms with Crippen molar-refractivity contribution in [3.8, 4) is 0 Å². The monoisotopic (exact) mass is 459 g/mol. The Balaban J connectivity index is 2.41. The van der Waals surface area contributed by atoms with Crippen LogP contribution in [0.2, 0.25) is 10.0 Å². The van der Waals surface area contributed by atoms with E-state index in [0.29, 0.717) is 5.02 Å². The minimum absolute atomic E-state index is 0.00595. The van der Waals surface area contributed by atoms with Crippen LogP contribution >= 0.6 is 58.0 Å². The van der Waals surface area contributed by atoms with Crippen LogP contribution in [-0.4, -0.2) is 23.5 Å². The molecule has 0 aliphatic rings. The third-order valence-electron chi connectivity index (χ3n) is 3.12. The zero-order chi connectivity index (χ0) is 18.8. The molecule has 0 fully saturated rings. The van der Waals surface area contributed by atoms with Crippen molar-refractivity contribution in [3.63, 3.8) is 0 Å². The van der Waals surface area contributed by atoms with Crippen LogP contribution in [0.4, 0.5) is 0 Å². The van der Waals surface area contributed by atoms with Gasteiger partial charge in [-0.2, -0.15) is 0 Å². The highest BCUT2D eigenvalue weighted by molar-refractivity contribution is 7.92. The molecule has 1 atom stereocenters. The van der Waals surface area contributed by atoms with E-state index < -0.39 is 24.9 Å². The molecule has 1 N–H and O–H groups in total. The molecule has 0 aliphatic heterocycles. The number of halogens is 5. The Morgan fingerprint density at radius 2 is 1.60 bits per heavy atom. The number of rotatable bonds is 4. The molecule has 134 valence electrons. The average Bonchev–Trinajstić information content (AvgIpc) is 2.52. The number of amides is 1. The van der Waals surface area contributed by atoms with E-state index in [0.717, 1.165) is 0 Å². The Hall–Kier alpha value is -0.690. The summed E-state index contributed by atoms with van der Waals surface area (Å²) in [7, 11) is -4.18. The quantitative estimate of drug-likeness (QED) is 0.659. The molecule has 1 amide bonds. The van der Waals surface area contributed by atoms with Gasteiger partial charge in [-0.25, -0.2) is 8.42 Å². The Morgan fingerprint density at radius 3 is 2.12 bits per heavy atom. The maximum absolute atomic E-state index is 12.8. The standard InChI is InChI=1S/C15H10Cl5NO3S/c16-9-6-7-11(12(17)8-9)13(22)21-14(15(18,19)20)25(23,24)10-4-2-1-3-5-10/h1-8,14H,(H,21,22)/t14-/m0/s1. The van der Waals surface area contributed by atoms with Gasteiger partial charge < -0.3 is 5.32 Å². The minimum Gasteiger partial charge on any atom is -0.332 e. The van der Waals surface area contributed by atoms with E-state index in [1.165, 1.54) is 42.5 Å². The highest BCUT2D eigenvalue weighted by atomic mass is 35.6. The molecule has 0 spiro atoms. The SMILES string of the molecule is O=C(N[C@H](C(Cl)(Cl)Cl)S(=O)(=O)c1ccccc1)c1ccc(Cl)cc1Cl. The Morgan fingerprint density at radius 1 is 1.00 bits per heavy atom. The van der Waals surface area contributed by atoms with E-state index in [1.54, 1.807) is 6.07 Å². The van der Waals surface area contributed by atoms with E-state index in [-0.39, 0.29) is 15.5 Å². The molecule has 4 nitrogen and oxygen atoms in total. The predicted octanol–water partition coefficient (Wildman–Crippen LogP) is 4.89. The summed E-state index contributed by atoms with van der Waals surface area (Å²) in [6, 6.07) is 11.4. The number of carbonyl (C=O) groups excluding carboxylic acids is 1. The largest absolute Gasteiger partial charge is 0.332 e. The van der Waals surface area contributed by atoms with Gasteiger partial charge in [0.15, 0.2) is 5.37 Å². The first-order valence-corrected chi connectivity index (χ1v) is 10.1. The normalized spacial score (nSPS) is 13.3. The van der Waals surface area contributed by atoms with Gasteiger partial charge >= 0.3 is 0 Å². The second-order valence-electron chi connectivity index (χ2n) is 4.88. The zero-order valence-electron chi connectivity index (χ0n) is 12.2. The number of nitrogens with one attached hydrogen (secondary N) is 1. The van der Waals surface area contributed by atoms with Gasteiger partial charge in [0.1, 0.15) is 0 Å². The van der Waals surface area contributed by atoms with Crippen LogP contribution in [0.1, 0.15) is 10.4 Å². The van der Waals surface area contributed by atoms with Crippen LogP contribution in [0, 0.1) is 0 Å². The highest BCUT2D eigenvalue weighted by Crippen LogP contribution is 2.36. The summed E-state index contributed by atoms with van der Waals surface area (Å²) >= 11 is 29.2. The van der Waals surface area contributed by atoms with E-state index in [9.17, 15) is 13.2 Å². The van der Waals surface area contributed by atoms with Gasteiger partial charge in [0.2, 0.25) is 13.6 Å². The Kier molecular flexibility index (Phi) is 6.52. The lowest BCUT2D eigenvalue weighted by Gasteiger charge is -2.25. The lowest BCUT2D eigenvalue weighted by molar-refractivity contribution is 0.0948. The molecule has 2 aromatic rings. The lowest BCUT2D eigenvalue weighted by atomic mass is 10.2. The first-order chi connectivity index (χ1) is 11.5. The fourth-order valence-electron chi connectivity index (χ4n) is 1.95. The summed E-state index contributed by atoms with van der Waals surface area (Å²) in [5.41, 5.74) is -0.00595. The van der Waals surface area contributed by atoms with Crippen molar-refractivity contribution in [2.45, 2.75) is 14.1 Å². The second kappa shape index (κ2) is 7.91. The van der Waals surface area contributed by atoms with E-state index in [2.05, 4.69) is 5.32 Å². The molecule has 0 aromatic heterocycles. The third kappa shape index (κ3) is 4.94. The summed E-state index contributed by atoms with van der Waals surface area (Å²) < 4.78 is 23.2. The molecular weight excluding hydrogens is 452 g/mol. The number of carbonyl (C=O) groups is 1. The van der Waals surface area contributed by atoms with Gasteiger partial charge in [0.25, 0.3) is 5.91 Å². The molecule has 2 aromatic carbocycles. The van der Waals surface area contributed by atoms with Crippen molar-refractivity contribution >= 4 is 73.7 Å². The summed E-state index contributed by atoms with van der Waals surface area (Å²) in [5.74, 6) is -0.822. The minimum atomic E-state index is -4.18. The number of alkyl halides is 3. The molecule has 2 rings (SSSR count). The van der Waals surface area contributed by atoms with E-state index in [1.807, 2.05) is 0 Å².